The first kappa shape index (κ1) is 24.6. The number of carbonyl (C=O) groups is 1. The Morgan fingerprint density at radius 3 is 2.11 bits per heavy atom. The third-order valence-corrected chi connectivity index (χ3v) is 6.71. The standard InChI is InChI=1S/C25H18ClF3N4OS/c1-2-33-22(23(34)30-19-15-9-14-18(20(19)26)25(27,28)29)31-32-24(33)35-21(16-10-5-3-6-11-16)17-12-7-4-8-13-17/h2-15,21H,1H2,(H,30,34). The molecule has 10 heteroatoms. The number of rotatable bonds is 7. The van der Waals surface area contributed by atoms with E-state index in [4.69, 9.17) is 11.6 Å². The Bertz CT molecular complexity index is 1300. The number of anilines is 1. The first-order valence-corrected chi connectivity index (χ1v) is 11.6. The molecule has 5 nitrogen and oxygen atoms in total. The van der Waals surface area contributed by atoms with Crippen molar-refractivity contribution < 1.29 is 18.0 Å². The molecule has 0 saturated heterocycles. The molecular weight excluding hydrogens is 497 g/mol. The SMILES string of the molecule is C=Cn1c(SC(c2ccccc2)c2ccccc2)nnc1C(=O)Nc1cccc(C(F)(F)F)c1Cl. The van der Waals surface area contributed by atoms with Crippen molar-refractivity contribution in [2.45, 2.75) is 16.6 Å². The highest BCUT2D eigenvalue weighted by molar-refractivity contribution is 7.99. The van der Waals surface area contributed by atoms with Crippen LogP contribution in [0.3, 0.4) is 0 Å². The molecule has 0 unspecified atom stereocenters. The van der Waals surface area contributed by atoms with E-state index in [1.807, 2.05) is 60.7 Å². The van der Waals surface area contributed by atoms with E-state index < -0.39 is 22.7 Å². The van der Waals surface area contributed by atoms with Crippen LogP contribution in [-0.2, 0) is 6.18 Å². The molecule has 1 aromatic heterocycles. The van der Waals surface area contributed by atoms with E-state index in [0.717, 1.165) is 23.3 Å². The highest BCUT2D eigenvalue weighted by Gasteiger charge is 2.34. The maximum Gasteiger partial charge on any atom is 0.417 e. The van der Waals surface area contributed by atoms with Gasteiger partial charge in [-0.05, 0) is 23.3 Å². The highest BCUT2D eigenvalue weighted by atomic mass is 35.5. The van der Waals surface area contributed by atoms with Crippen molar-refractivity contribution >= 4 is 41.2 Å². The maximum absolute atomic E-state index is 13.2. The second kappa shape index (κ2) is 10.4. The monoisotopic (exact) mass is 514 g/mol. The van der Waals surface area contributed by atoms with Crippen LogP contribution in [-0.4, -0.2) is 20.7 Å². The molecule has 1 N–H and O–H groups in total. The first-order valence-electron chi connectivity index (χ1n) is 10.3. The van der Waals surface area contributed by atoms with Crippen molar-refractivity contribution in [1.29, 1.82) is 0 Å². The molecule has 0 atom stereocenters. The van der Waals surface area contributed by atoms with Crippen molar-refractivity contribution in [3.8, 4) is 0 Å². The number of hydrogen-bond acceptors (Lipinski definition) is 4. The van der Waals surface area contributed by atoms with Crippen molar-refractivity contribution in [3.63, 3.8) is 0 Å². The van der Waals surface area contributed by atoms with Crippen LogP contribution in [0.4, 0.5) is 18.9 Å². The number of carbonyl (C=O) groups excluding carboxylic acids is 1. The van der Waals surface area contributed by atoms with Crippen molar-refractivity contribution in [3.05, 3.63) is 113 Å². The molecular formula is C25H18ClF3N4OS. The molecule has 3 aromatic carbocycles. The van der Waals surface area contributed by atoms with E-state index in [1.165, 1.54) is 28.6 Å². The van der Waals surface area contributed by atoms with Gasteiger partial charge in [0.05, 0.1) is 21.5 Å². The summed E-state index contributed by atoms with van der Waals surface area (Å²) < 4.78 is 40.9. The molecule has 178 valence electrons. The van der Waals surface area contributed by atoms with Gasteiger partial charge in [-0.15, -0.1) is 10.2 Å². The largest absolute Gasteiger partial charge is 0.417 e. The van der Waals surface area contributed by atoms with Crippen molar-refractivity contribution in [2.24, 2.45) is 0 Å². The average molecular weight is 515 g/mol. The number of halogens is 4. The lowest BCUT2D eigenvalue weighted by Crippen LogP contribution is -2.18. The minimum atomic E-state index is -4.66. The summed E-state index contributed by atoms with van der Waals surface area (Å²) in [6.07, 6.45) is -3.29. The molecule has 0 spiro atoms. The molecule has 1 amide bonds. The highest BCUT2D eigenvalue weighted by Crippen LogP contribution is 2.40. The minimum absolute atomic E-state index is 0.143. The lowest BCUT2D eigenvalue weighted by molar-refractivity contribution is -0.137. The van der Waals surface area contributed by atoms with E-state index in [0.29, 0.717) is 5.16 Å². The lowest BCUT2D eigenvalue weighted by Gasteiger charge is -2.17. The summed E-state index contributed by atoms with van der Waals surface area (Å²) in [6, 6.07) is 22.8. The predicted molar refractivity (Wildman–Crippen MR) is 131 cm³/mol. The van der Waals surface area contributed by atoms with Gasteiger partial charge in [-0.2, -0.15) is 13.2 Å². The van der Waals surface area contributed by atoms with E-state index >= 15 is 0 Å². The molecule has 0 bridgehead atoms. The lowest BCUT2D eigenvalue weighted by atomic mass is 10.0. The van der Waals surface area contributed by atoms with E-state index in [9.17, 15) is 18.0 Å². The Morgan fingerprint density at radius 1 is 0.971 bits per heavy atom. The maximum atomic E-state index is 13.2. The predicted octanol–water partition coefficient (Wildman–Crippen LogP) is 7.18. The van der Waals surface area contributed by atoms with Gasteiger partial charge in [0.2, 0.25) is 5.82 Å². The van der Waals surface area contributed by atoms with Crippen LogP contribution in [0.2, 0.25) is 5.02 Å². The Morgan fingerprint density at radius 2 is 1.57 bits per heavy atom. The van der Waals surface area contributed by atoms with Crippen LogP contribution in [0.15, 0.2) is 90.6 Å². The number of amides is 1. The number of thioether (sulfide) groups is 1. The van der Waals surface area contributed by atoms with Gasteiger partial charge in [0.1, 0.15) is 0 Å². The Kier molecular flexibility index (Phi) is 7.28. The first-order chi connectivity index (χ1) is 16.8. The van der Waals surface area contributed by atoms with Crippen LogP contribution in [0.5, 0.6) is 0 Å². The fraction of sp³-hybridized carbons (Fsp3) is 0.0800. The summed E-state index contributed by atoms with van der Waals surface area (Å²) in [5.74, 6) is -0.919. The van der Waals surface area contributed by atoms with Crippen LogP contribution < -0.4 is 5.32 Å². The van der Waals surface area contributed by atoms with Gasteiger partial charge in [-0.1, -0.05) is 96.7 Å². The second-order valence-electron chi connectivity index (χ2n) is 7.30. The summed E-state index contributed by atoms with van der Waals surface area (Å²) in [7, 11) is 0. The van der Waals surface area contributed by atoms with Crippen molar-refractivity contribution in [2.75, 3.05) is 5.32 Å². The number of aromatic nitrogens is 3. The van der Waals surface area contributed by atoms with Crippen LogP contribution in [0.1, 0.15) is 32.6 Å². The summed E-state index contributed by atoms with van der Waals surface area (Å²) in [6.45, 7) is 3.75. The molecule has 0 radical (unpaired) electrons. The van der Waals surface area contributed by atoms with E-state index in [1.54, 1.807) is 0 Å². The number of alkyl halides is 3. The number of nitrogens with one attached hydrogen (secondary N) is 1. The minimum Gasteiger partial charge on any atom is -0.318 e. The summed E-state index contributed by atoms with van der Waals surface area (Å²) in [5, 5.41) is 10.1. The van der Waals surface area contributed by atoms with Crippen LogP contribution in [0, 0.1) is 0 Å². The molecule has 0 aliphatic rings. The second-order valence-corrected chi connectivity index (χ2v) is 8.75. The number of nitrogens with zero attached hydrogens (tertiary/aromatic N) is 3. The topological polar surface area (TPSA) is 59.8 Å². The van der Waals surface area contributed by atoms with Gasteiger partial charge < -0.3 is 5.32 Å². The third kappa shape index (κ3) is 5.41. The molecule has 0 aliphatic carbocycles. The zero-order valence-electron chi connectivity index (χ0n) is 18.0. The zero-order chi connectivity index (χ0) is 25.0. The van der Waals surface area contributed by atoms with Gasteiger partial charge in [0, 0.05) is 6.20 Å². The van der Waals surface area contributed by atoms with Gasteiger partial charge in [0.25, 0.3) is 5.91 Å². The summed E-state index contributed by atoms with van der Waals surface area (Å²) in [5.41, 5.74) is 0.797. The van der Waals surface area contributed by atoms with Gasteiger partial charge in [-0.25, -0.2) is 0 Å². The summed E-state index contributed by atoms with van der Waals surface area (Å²) >= 11 is 7.27. The fourth-order valence-electron chi connectivity index (χ4n) is 3.39. The molecule has 35 heavy (non-hydrogen) atoms. The van der Waals surface area contributed by atoms with E-state index in [2.05, 4.69) is 22.1 Å². The average Bonchev–Trinajstić information content (AvgIpc) is 3.27. The fourth-order valence-corrected chi connectivity index (χ4v) is 4.83. The molecule has 4 aromatic rings. The normalized spacial score (nSPS) is 11.5. The number of benzene rings is 3. The van der Waals surface area contributed by atoms with Gasteiger partial charge in [0.15, 0.2) is 5.16 Å². The van der Waals surface area contributed by atoms with Gasteiger partial charge >= 0.3 is 6.18 Å². The smallest absolute Gasteiger partial charge is 0.318 e. The Labute approximate surface area is 208 Å². The van der Waals surface area contributed by atoms with E-state index in [-0.39, 0.29) is 16.8 Å². The van der Waals surface area contributed by atoms with Crippen molar-refractivity contribution in [1.82, 2.24) is 14.8 Å². The molecule has 0 saturated carbocycles. The zero-order valence-corrected chi connectivity index (χ0v) is 19.6. The molecule has 4 rings (SSSR count). The Hall–Kier alpha value is -3.56. The molecule has 0 fully saturated rings. The quantitative estimate of drug-likeness (QED) is 0.265. The van der Waals surface area contributed by atoms with Gasteiger partial charge in [-0.3, -0.25) is 9.36 Å². The summed E-state index contributed by atoms with van der Waals surface area (Å²) in [4.78, 5) is 12.9. The Balaban J connectivity index is 1.64. The van der Waals surface area contributed by atoms with Crippen LogP contribution in [0.25, 0.3) is 6.20 Å². The van der Waals surface area contributed by atoms with Crippen LogP contribution >= 0.6 is 23.4 Å². The number of hydrogen-bond donors (Lipinski definition) is 1. The molecule has 1 heterocycles. The third-order valence-electron chi connectivity index (χ3n) is 5.03. The molecule has 0 aliphatic heterocycles.